The standard InChI is InChI=1S/C29H31ClN6O5/c1-16(41-17(2)37)28(40)33-21-13-22(25(39)24(21)38)36-15-32-23-26(34-29(30)35-27(23)36)31-14-20(18-9-5-3-6-10-18)19-11-7-4-8-12-19/h3-12,15-16,20-22,24-25,38-39H,13-14H2,1-2H3,(H,33,40)(H,31,34,35)/t16-,21-,22+,24+,25-/m0/s1. The number of anilines is 1. The maximum atomic E-state index is 12.5. The molecule has 1 amide bonds. The van der Waals surface area contributed by atoms with Gasteiger partial charge in [-0.1, -0.05) is 60.7 Å². The van der Waals surface area contributed by atoms with Gasteiger partial charge in [0.2, 0.25) is 5.28 Å². The van der Waals surface area contributed by atoms with Crippen molar-refractivity contribution < 1.29 is 24.5 Å². The van der Waals surface area contributed by atoms with Crippen LogP contribution in [-0.2, 0) is 14.3 Å². The molecule has 2 heterocycles. The molecule has 12 heteroatoms. The molecule has 0 aliphatic heterocycles. The van der Waals surface area contributed by atoms with Crippen molar-refractivity contribution in [3.63, 3.8) is 0 Å². The number of nitrogens with one attached hydrogen (secondary N) is 2. The van der Waals surface area contributed by atoms with E-state index >= 15 is 0 Å². The van der Waals surface area contributed by atoms with Crippen molar-refractivity contribution in [2.24, 2.45) is 0 Å². The smallest absolute Gasteiger partial charge is 0.303 e. The molecule has 5 rings (SSSR count). The Morgan fingerprint density at radius 3 is 2.29 bits per heavy atom. The lowest BCUT2D eigenvalue weighted by Crippen LogP contribution is -2.47. The Hall–Kier alpha value is -4.06. The molecule has 1 aliphatic rings. The number of benzene rings is 2. The Labute approximate surface area is 241 Å². The second-order valence-corrected chi connectivity index (χ2v) is 10.4. The van der Waals surface area contributed by atoms with Crippen molar-refractivity contribution >= 4 is 40.5 Å². The molecule has 0 bridgehead atoms. The topological polar surface area (TPSA) is 151 Å². The van der Waals surface area contributed by atoms with Gasteiger partial charge in [-0.15, -0.1) is 0 Å². The summed E-state index contributed by atoms with van der Waals surface area (Å²) in [6.45, 7) is 3.14. The molecule has 2 aromatic heterocycles. The lowest BCUT2D eigenvalue weighted by Gasteiger charge is -2.20. The number of esters is 1. The van der Waals surface area contributed by atoms with E-state index in [0.29, 0.717) is 23.5 Å². The van der Waals surface area contributed by atoms with E-state index in [1.807, 2.05) is 36.4 Å². The van der Waals surface area contributed by atoms with Crippen molar-refractivity contribution in [3.05, 3.63) is 83.4 Å². The highest BCUT2D eigenvalue weighted by Crippen LogP contribution is 2.35. The Morgan fingerprint density at radius 1 is 1.05 bits per heavy atom. The van der Waals surface area contributed by atoms with Gasteiger partial charge in [-0.25, -0.2) is 4.98 Å². The predicted molar refractivity (Wildman–Crippen MR) is 152 cm³/mol. The zero-order valence-corrected chi connectivity index (χ0v) is 23.3. The number of carbonyl (C=O) groups is 2. The highest BCUT2D eigenvalue weighted by Gasteiger charge is 2.44. The van der Waals surface area contributed by atoms with Gasteiger partial charge in [-0.05, 0) is 36.1 Å². The molecule has 2 aromatic carbocycles. The molecule has 4 aromatic rings. The van der Waals surface area contributed by atoms with Gasteiger partial charge in [0, 0.05) is 19.4 Å². The van der Waals surface area contributed by atoms with E-state index < -0.39 is 42.3 Å². The van der Waals surface area contributed by atoms with E-state index in [-0.39, 0.29) is 17.6 Å². The fourth-order valence-electron chi connectivity index (χ4n) is 5.28. The summed E-state index contributed by atoms with van der Waals surface area (Å²) in [5, 5.41) is 27.6. The molecule has 0 saturated heterocycles. The van der Waals surface area contributed by atoms with Crippen LogP contribution in [0.4, 0.5) is 5.82 Å². The van der Waals surface area contributed by atoms with E-state index in [0.717, 1.165) is 11.1 Å². The van der Waals surface area contributed by atoms with Crippen LogP contribution in [0.25, 0.3) is 11.2 Å². The molecule has 0 unspecified atom stereocenters. The molecular weight excluding hydrogens is 548 g/mol. The Morgan fingerprint density at radius 2 is 1.68 bits per heavy atom. The lowest BCUT2D eigenvalue weighted by molar-refractivity contribution is -0.153. The summed E-state index contributed by atoms with van der Waals surface area (Å²) in [5.74, 6) is -0.712. The van der Waals surface area contributed by atoms with Crippen LogP contribution in [0.3, 0.4) is 0 Å². The molecule has 214 valence electrons. The number of hydrogen-bond donors (Lipinski definition) is 4. The van der Waals surface area contributed by atoms with Crippen LogP contribution in [0, 0.1) is 0 Å². The number of ether oxygens (including phenoxy) is 1. The minimum absolute atomic E-state index is 0.00850. The van der Waals surface area contributed by atoms with Crippen LogP contribution in [0.2, 0.25) is 5.28 Å². The SMILES string of the molecule is CC(=O)O[C@@H](C)C(=O)N[C@H]1C[C@@H](n2cnc3c(NCC(c4ccccc4)c4ccccc4)nc(Cl)nc32)[C@H](O)[C@@H]1O. The molecule has 1 fully saturated rings. The summed E-state index contributed by atoms with van der Waals surface area (Å²) in [7, 11) is 0. The summed E-state index contributed by atoms with van der Waals surface area (Å²) in [5.41, 5.74) is 3.09. The van der Waals surface area contributed by atoms with E-state index in [4.69, 9.17) is 16.3 Å². The summed E-state index contributed by atoms with van der Waals surface area (Å²) < 4.78 is 6.55. The quantitative estimate of drug-likeness (QED) is 0.173. The van der Waals surface area contributed by atoms with Crippen LogP contribution < -0.4 is 10.6 Å². The van der Waals surface area contributed by atoms with Crippen molar-refractivity contribution in [3.8, 4) is 0 Å². The van der Waals surface area contributed by atoms with E-state index in [1.165, 1.54) is 20.2 Å². The van der Waals surface area contributed by atoms with Gasteiger partial charge in [0.05, 0.1) is 18.4 Å². The first-order valence-corrected chi connectivity index (χ1v) is 13.7. The van der Waals surface area contributed by atoms with Gasteiger partial charge in [-0.2, -0.15) is 9.97 Å². The van der Waals surface area contributed by atoms with Crippen molar-refractivity contribution in [1.82, 2.24) is 24.8 Å². The van der Waals surface area contributed by atoms with Gasteiger partial charge in [-0.3, -0.25) is 9.59 Å². The summed E-state index contributed by atoms with van der Waals surface area (Å²) >= 11 is 6.33. The number of amides is 1. The molecule has 1 saturated carbocycles. The Balaban J connectivity index is 1.38. The Kier molecular flexibility index (Phi) is 8.48. The van der Waals surface area contributed by atoms with Crippen LogP contribution >= 0.6 is 11.6 Å². The highest BCUT2D eigenvalue weighted by atomic mass is 35.5. The number of aromatic nitrogens is 4. The normalized spacial score (nSPS) is 21.1. The molecule has 4 N–H and O–H groups in total. The number of aliphatic hydroxyl groups is 2. The molecule has 5 atom stereocenters. The maximum Gasteiger partial charge on any atom is 0.303 e. The highest BCUT2D eigenvalue weighted by molar-refractivity contribution is 6.28. The first kappa shape index (κ1) is 28.5. The number of aliphatic hydroxyl groups excluding tert-OH is 2. The van der Waals surface area contributed by atoms with Crippen LogP contribution in [0.5, 0.6) is 0 Å². The number of imidazole rings is 1. The van der Waals surface area contributed by atoms with Crippen LogP contribution in [0.1, 0.15) is 43.4 Å². The zero-order chi connectivity index (χ0) is 29.1. The number of halogens is 1. The Bertz CT molecular complexity index is 1480. The first-order valence-electron chi connectivity index (χ1n) is 13.3. The van der Waals surface area contributed by atoms with E-state index in [9.17, 15) is 19.8 Å². The second kappa shape index (κ2) is 12.2. The first-order chi connectivity index (χ1) is 19.7. The van der Waals surface area contributed by atoms with Crippen molar-refractivity contribution in [2.75, 3.05) is 11.9 Å². The third-order valence-electron chi connectivity index (χ3n) is 7.32. The summed E-state index contributed by atoms with van der Waals surface area (Å²) in [6.07, 6.45) is -1.84. The average molecular weight is 579 g/mol. The third-order valence-corrected chi connectivity index (χ3v) is 7.49. The fourth-order valence-corrected chi connectivity index (χ4v) is 5.45. The van der Waals surface area contributed by atoms with E-state index in [1.54, 1.807) is 4.57 Å². The van der Waals surface area contributed by atoms with Gasteiger partial charge in [0.1, 0.15) is 12.2 Å². The molecule has 11 nitrogen and oxygen atoms in total. The third kappa shape index (κ3) is 6.17. The number of carbonyl (C=O) groups excluding carboxylic acids is 2. The molecular formula is C29H31ClN6O5. The van der Waals surface area contributed by atoms with Crippen molar-refractivity contribution in [2.45, 2.75) is 56.6 Å². The van der Waals surface area contributed by atoms with Crippen LogP contribution in [-0.4, -0.2) is 72.5 Å². The minimum Gasteiger partial charge on any atom is -0.453 e. The number of hydrogen-bond acceptors (Lipinski definition) is 9. The zero-order valence-electron chi connectivity index (χ0n) is 22.5. The number of rotatable bonds is 9. The van der Waals surface area contributed by atoms with E-state index in [2.05, 4.69) is 49.9 Å². The van der Waals surface area contributed by atoms with Gasteiger partial charge in [0.25, 0.3) is 5.91 Å². The van der Waals surface area contributed by atoms with Gasteiger partial charge in [0.15, 0.2) is 23.1 Å². The average Bonchev–Trinajstić information content (AvgIpc) is 3.50. The number of fused-ring (bicyclic) bond motifs is 1. The monoisotopic (exact) mass is 578 g/mol. The second-order valence-electron chi connectivity index (χ2n) is 10.1. The summed E-state index contributed by atoms with van der Waals surface area (Å²) in [6, 6.07) is 18.8. The largest absolute Gasteiger partial charge is 0.453 e. The lowest BCUT2D eigenvalue weighted by atomic mass is 9.91. The predicted octanol–water partition coefficient (Wildman–Crippen LogP) is 2.83. The fraction of sp³-hybridized carbons (Fsp3) is 0.345. The molecule has 0 radical (unpaired) electrons. The minimum atomic E-state index is -1.27. The van der Waals surface area contributed by atoms with Crippen LogP contribution in [0.15, 0.2) is 67.0 Å². The maximum absolute atomic E-state index is 12.5. The van der Waals surface area contributed by atoms with Crippen molar-refractivity contribution in [1.29, 1.82) is 0 Å². The number of nitrogens with zero attached hydrogens (tertiary/aromatic N) is 4. The van der Waals surface area contributed by atoms with Gasteiger partial charge < -0.3 is 30.2 Å². The summed E-state index contributed by atoms with van der Waals surface area (Å²) in [4.78, 5) is 36.9. The molecule has 0 spiro atoms. The molecule has 1 aliphatic carbocycles. The van der Waals surface area contributed by atoms with Gasteiger partial charge >= 0.3 is 5.97 Å². The molecule has 41 heavy (non-hydrogen) atoms.